The minimum Gasteiger partial charge on any atom is -0.493 e. The highest BCUT2D eigenvalue weighted by Gasteiger charge is 2.27. The number of fused-ring (bicyclic) bond motifs is 1. The molecule has 0 unspecified atom stereocenters. The standard InChI is InChI=1S/C25H31NO3/c1-26(18-13-20-9-10-23(28-2)24(19-20)29-3)17-6-14-25(27)15-11-21-7-4-5-8-22(21)12-16-25/h4-5,7-10,19,27H,11-13,15-18H2,1-3H3. The lowest BCUT2D eigenvalue weighted by molar-refractivity contribution is 0.0856. The van der Waals surface area contributed by atoms with Gasteiger partial charge in [-0.1, -0.05) is 42.2 Å². The Bertz CT molecular complexity index is 854. The van der Waals surface area contributed by atoms with Crippen LogP contribution in [0.1, 0.15) is 29.5 Å². The van der Waals surface area contributed by atoms with E-state index in [2.05, 4.69) is 54.1 Å². The predicted molar refractivity (Wildman–Crippen MR) is 117 cm³/mol. The van der Waals surface area contributed by atoms with Crippen LogP contribution in [0.2, 0.25) is 0 Å². The summed E-state index contributed by atoms with van der Waals surface area (Å²) in [6.45, 7) is 1.52. The summed E-state index contributed by atoms with van der Waals surface area (Å²) in [5.41, 5.74) is 3.00. The van der Waals surface area contributed by atoms with Crippen molar-refractivity contribution in [1.29, 1.82) is 0 Å². The molecule has 0 saturated carbocycles. The van der Waals surface area contributed by atoms with E-state index in [1.54, 1.807) is 14.2 Å². The molecule has 2 aromatic carbocycles. The fourth-order valence-corrected chi connectivity index (χ4v) is 3.75. The van der Waals surface area contributed by atoms with E-state index in [0.717, 1.165) is 37.3 Å². The van der Waals surface area contributed by atoms with Crippen LogP contribution in [-0.2, 0) is 19.3 Å². The van der Waals surface area contributed by atoms with E-state index in [9.17, 15) is 5.11 Å². The van der Waals surface area contributed by atoms with Crippen molar-refractivity contribution in [2.24, 2.45) is 0 Å². The summed E-state index contributed by atoms with van der Waals surface area (Å²) >= 11 is 0. The minimum atomic E-state index is -0.886. The number of ether oxygens (including phenoxy) is 2. The van der Waals surface area contributed by atoms with Crippen molar-refractivity contribution < 1.29 is 14.6 Å². The molecule has 1 aliphatic carbocycles. The summed E-state index contributed by atoms with van der Waals surface area (Å²) < 4.78 is 10.7. The maximum Gasteiger partial charge on any atom is 0.160 e. The number of aliphatic hydroxyl groups is 1. The molecule has 2 aromatic rings. The molecule has 0 fully saturated rings. The Kier molecular flexibility index (Phi) is 7.19. The second-order valence-corrected chi connectivity index (χ2v) is 7.78. The van der Waals surface area contributed by atoms with Crippen molar-refractivity contribution in [3.8, 4) is 23.3 Å². The van der Waals surface area contributed by atoms with Crippen LogP contribution in [0, 0.1) is 11.8 Å². The van der Waals surface area contributed by atoms with Gasteiger partial charge in [-0.05, 0) is 68.0 Å². The van der Waals surface area contributed by atoms with Crippen LogP contribution < -0.4 is 9.47 Å². The molecule has 0 aromatic heterocycles. The summed E-state index contributed by atoms with van der Waals surface area (Å²) in [6.07, 6.45) is 4.07. The predicted octanol–water partition coefficient (Wildman–Crippen LogP) is 3.49. The number of rotatable bonds is 6. The Morgan fingerprint density at radius 2 is 1.66 bits per heavy atom. The number of aryl methyl sites for hydroxylation is 2. The lowest BCUT2D eigenvalue weighted by Gasteiger charge is -2.20. The molecule has 4 nitrogen and oxygen atoms in total. The van der Waals surface area contributed by atoms with Crippen LogP contribution in [0.15, 0.2) is 42.5 Å². The smallest absolute Gasteiger partial charge is 0.160 e. The SMILES string of the molecule is COc1ccc(CCN(C)CC#CC2(O)CCc3ccccc3CC2)cc1OC. The van der Waals surface area contributed by atoms with Gasteiger partial charge >= 0.3 is 0 Å². The van der Waals surface area contributed by atoms with Gasteiger partial charge in [-0.2, -0.15) is 0 Å². The van der Waals surface area contributed by atoms with Crippen LogP contribution in [0.5, 0.6) is 11.5 Å². The molecular formula is C25H31NO3. The third kappa shape index (κ3) is 5.76. The number of hydrogen-bond donors (Lipinski definition) is 1. The Balaban J connectivity index is 1.51. The number of hydrogen-bond acceptors (Lipinski definition) is 4. The highest BCUT2D eigenvalue weighted by Crippen LogP contribution is 2.28. The van der Waals surface area contributed by atoms with E-state index in [1.807, 2.05) is 12.1 Å². The first-order chi connectivity index (χ1) is 14.0. The van der Waals surface area contributed by atoms with Crippen molar-refractivity contribution in [2.45, 2.75) is 37.7 Å². The molecule has 0 bridgehead atoms. The Morgan fingerprint density at radius 1 is 1.00 bits per heavy atom. The first-order valence-electron chi connectivity index (χ1n) is 10.2. The third-order valence-corrected chi connectivity index (χ3v) is 5.63. The largest absolute Gasteiger partial charge is 0.493 e. The van der Waals surface area contributed by atoms with Crippen molar-refractivity contribution in [3.05, 3.63) is 59.2 Å². The average molecular weight is 394 g/mol. The molecule has 0 spiro atoms. The van der Waals surface area contributed by atoms with E-state index < -0.39 is 5.60 Å². The van der Waals surface area contributed by atoms with Crippen molar-refractivity contribution in [2.75, 3.05) is 34.4 Å². The van der Waals surface area contributed by atoms with Gasteiger partial charge in [0, 0.05) is 6.54 Å². The molecule has 0 amide bonds. The number of nitrogens with zero attached hydrogens (tertiary/aromatic N) is 1. The van der Waals surface area contributed by atoms with Crippen LogP contribution in [-0.4, -0.2) is 50.0 Å². The molecule has 0 aliphatic heterocycles. The maximum atomic E-state index is 10.9. The van der Waals surface area contributed by atoms with E-state index in [4.69, 9.17) is 9.47 Å². The normalized spacial score (nSPS) is 15.1. The zero-order valence-electron chi connectivity index (χ0n) is 17.7. The molecule has 0 radical (unpaired) electrons. The molecule has 0 atom stereocenters. The zero-order valence-corrected chi connectivity index (χ0v) is 17.7. The topological polar surface area (TPSA) is 41.9 Å². The molecule has 154 valence electrons. The average Bonchev–Trinajstić information content (AvgIpc) is 2.91. The summed E-state index contributed by atoms with van der Waals surface area (Å²) in [4.78, 5) is 2.18. The van der Waals surface area contributed by atoms with Gasteiger partial charge in [0.05, 0.1) is 20.8 Å². The van der Waals surface area contributed by atoms with Gasteiger partial charge in [-0.25, -0.2) is 0 Å². The second kappa shape index (κ2) is 9.82. The lowest BCUT2D eigenvalue weighted by Crippen LogP contribution is -2.28. The first kappa shape index (κ1) is 21.2. The van der Waals surface area contributed by atoms with Gasteiger partial charge in [0.2, 0.25) is 0 Å². The maximum absolute atomic E-state index is 10.9. The fraction of sp³-hybridized carbons (Fsp3) is 0.440. The molecule has 29 heavy (non-hydrogen) atoms. The van der Waals surface area contributed by atoms with Crippen LogP contribution in [0.25, 0.3) is 0 Å². The molecule has 0 saturated heterocycles. The highest BCUT2D eigenvalue weighted by atomic mass is 16.5. The number of benzene rings is 2. The number of likely N-dealkylation sites (N-methyl/N-ethyl adjacent to an activating group) is 1. The molecule has 0 heterocycles. The van der Waals surface area contributed by atoms with E-state index in [1.165, 1.54) is 16.7 Å². The van der Waals surface area contributed by atoms with Gasteiger partial charge in [0.1, 0.15) is 5.60 Å². The van der Waals surface area contributed by atoms with Crippen LogP contribution in [0.3, 0.4) is 0 Å². The fourth-order valence-electron chi connectivity index (χ4n) is 3.75. The van der Waals surface area contributed by atoms with Crippen LogP contribution >= 0.6 is 0 Å². The molecule has 3 rings (SSSR count). The van der Waals surface area contributed by atoms with Crippen molar-refractivity contribution >= 4 is 0 Å². The van der Waals surface area contributed by atoms with Crippen molar-refractivity contribution in [3.63, 3.8) is 0 Å². The van der Waals surface area contributed by atoms with Gasteiger partial charge in [0.15, 0.2) is 11.5 Å². The van der Waals surface area contributed by atoms with Crippen molar-refractivity contribution in [1.82, 2.24) is 4.90 Å². The summed E-state index contributed by atoms with van der Waals surface area (Å²) in [7, 11) is 5.35. The van der Waals surface area contributed by atoms with Crippen LogP contribution in [0.4, 0.5) is 0 Å². The van der Waals surface area contributed by atoms with Gasteiger partial charge in [-0.15, -0.1) is 0 Å². The second-order valence-electron chi connectivity index (χ2n) is 7.78. The molecule has 1 N–H and O–H groups in total. The first-order valence-corrected chi connectivity index (χ1v) is 10.2. The van der Waals surface area contributed by atoms with Gasteiger partial charge < -0.3 is 14.6 Å². The molecule has 1 aliphatic rings. The third-order valence-electron chi connectivity index (χ3n) is 5.63. The molecular weight excluding hydrogens is 362 g/mol. The highest BCUT2D eigenvalue weighted by molar-refractivity contribution is 5.43. The quantitative estimate of drug-likeness (QED) is 0.603. The molecule has 4 heteroatoms. The summed E-state index contributed by atoms with van der Waals surface area (Å²) in [5.74, 6) is 7.87. The van der Waals surface area contributed by atoms with Gasteiger partial charge in [-0.3, -0.25) is 4.90 Å². The van der Waals surface area contributed by atoms with E-state index >= 15 is 0 Å². The van der Waals surface area contributed by atoms with E-state index in [0.29, 0.717) is 19.4 Å². The Hall–Kier alpha value is -2.48. The van der Waals surface area contributed by atoms with E-state index in [-0.39, 0.29) is 0 Å². The monoisotopic (exact) mass is 393 g/mol. The summed E-state index contributed by atoms with van der Waals surface area (Å²) in [5, 5.41) is 10.9. The number of methoxy groups -OCH3 is 2. The minimum absolute atomic E-state index is 0.641. The lowest BCUT2D eigenvalue weighted by atomic mass is 9.94. The Labute approximate surface area is 174 Å². The zero-order chi connectivity index (χ0) is 20.7. The Morgan fingerprint density at radius 3 is 2.28 bits per heavy atom. The summed E-state index contributed by atoms with van der Waals surface area (Å²) in [6, 6.07) is 14.5. The van der Waals surface area contributed by atoms with Gasteiger partial charge in [0.25, 0.3) is 0 Å².